The van der Waals surface area contributed by atoms with E-state index in [9.17, 15) is 4.79 Å². The minimum absolute atomic E-state index is 0.130. The van der Waals surface area contributed by atoms with Crippen molar-refractivity contribution in [3.8, 4) is 11.4 Å². The van der Waals surface area contributed by atoms with Gasteiger partial charge in [0.2, 0.25) is 0 Å². The Bertz CT molecular complexity index is 1470. The summed E-state index contributed by atoms with van der Waals surface area (Å²) in [6.07, 6.45) is 3.41. The first-order chi connectivity index (χ1) is 16.2. The van der Waals surface area contributed by atoms with Crippen molar-refractivity contribution in [1.82, 2.24) is 29.7 Å². The van der Waals surface area contributed by atoms with E-state index in [4.69, 9.17) is 9.61 Å². The molecule has 1 saturated heterocycles. The molecule has 4 heterocycles. The Morgan fingerprint density at radius 2 is 1.82 bits per heavy atom. The highest BCUT2D eigenvalue weighted by Crippen LogP contribution is 2.35. The van der Waals surface area contributed by atoms with Gasteiger partial charge in [-0.05, 0) is 47.8 Å². The number of carbonyl (C=O) groups is 1. The lowest BCUT2D eigenvalue weighted by Gasteiger charge is -2.33. The summed E-state index contributed by atoms with van der Waals surface area (Å²) in [6.45, 7) is 2.98. The van der Waals surface area contributed by atoms with Crippen molar-refractivity contribution in [2.24, 2.45) is 0 Å². The van der Waals surface area contributed by atoms with Gasteiger partial charge in [0.15, 0.2) is 11.3 Å². The van der Waals surface area contributed by atoms with Crippen molar-refractivity contribution in [2.45, 2.75) is 25.8 Å². The second-order valence-electron chi connectivity index (χ2n) is 8.40. The largest absolute Gasteiger partial charge is 0.337 e. The van der Waals surface area contributed by atoms with Crippen molar-refractivity contribution >= 4 is 27.8 Å². The molecule has 0 saturated carbocycles. The van der Waals surface area contributed by atoms with Gasteiger partial charge in [-0.15, -0.1) is 0 Å². The van der Waals surface area contributed by atoms with Crippen LogP contribution in [0.2, 0.25) is 0 Å². The molecule has 0 N–H and O–H groups in total. The molecule has 1 amide bonds. The van der Waals surface area contributed by atoms with Crippen molar-refractivity contribution in [3.63, 3.8) is 0 Å². The molecule has 1 aliphatic heterocycles. The standard InChI is InChI=1S/C25H22N6O2/c1-16-22(29-33-28-16)25(32)30-14-11-18(12-15-30)31-23(27-21-10-5-13-26-24(21)31)20-9-4-7-17-6-2-3-8-19(17)20/h2-10,13,18H,11-12,14-15H2,1H3. The highest BCUT2D eigenvalue weighted by Gasteiger charge is 2.30. The van der Waals surface area contributed by atoms with Gasteiger partial charge in [0, 0.05) is 30.9 Å². The van der Waals surface area contributed by atoms with Gasteiger partial charge in [0.05, 0.1) is 0 Å². The van der Waals surface area contributed by atoms with Crippen LogP contribution in [0.1, 0.15) is 35.1 Å². The third kappa shape index (κ3) is 3.26. The van der Waals surface area contributed by atoms with E-state index in [2.05, 4.69) is 62.3 Å². The Labute approximate surface area is 189 Å². The molecule has 0 unspecified atom stereocenters. The second-order valence-corrected chi connectivity index (χ2v) is 8.40. The third-order valence-corrected chi connectivity index (χ3v) is 6.45. The van der Waals surface area contributed by atoms with Gasteiger partial charge < -0.3 is 9.47 Å². The van der Waals surface area contributed by atoms with E-state index >= 15 is 0 Å². The average Bonchev–Trinajstić information content (AvgIpc) is 3.47. The van der Waals surface area contributed by atoms with Crippen LogP contribution in [0.15, 0.2) is 65.4 Å². The fourth-order valence-electron chi connectivity index (χ4n) is 4.79. The molecule has 1 fully saturated rings. The highest BCUT2D eigenvalue weighted by molar-refractivity contribution is 5.96. The molecule has 1 aliphatic rings. The maximum absolute atomic E-state index is 12.9. The summed E-state index contributed by atoms with van der Waals surface area (Å²) in [5.41, 5.74) is 3.66. The molecule has 0 aliphatic carbocycles. The lowest BCUT2D eigenvalue weighted by atomic mass is 10.0. The molecule has 8 heteroatoms. The Morgan fingerprint density at radius 3 is 2.64 bits per heavy atom. The van der Waals surface area contributed by atoms with E-state index in [-0.39, 0.29) is 11.9 Å². The summed E-state index contributed by atoms with van der Waals surface area (Å²) in [7, 11) is 0. The predicted octanol–water partition coefficient (Wildman–Crippen LogP) is 4.42. The van der Waals surface area contributed by atoms with Crippen LogP contribution in [0.4, 0.5) is 0 Å². The lowest BCUT2D eigenvalue weighted by Crippen LogP contribution is -2.39. The van der Waals surface area contributed by atoms with Gasteiger partial charge in [0.25, 0.3) is 5.91 Å². The molecule has 8 nitrogen and oxygen atoms in total. The summed E-state index contributed by atoms with van der Waals surface area (Å²) in [4.78, 5) is 24.4. The Morgan fingerprint density at radius 1 is 1.00 bits per heavy atom. The first-order valence-electron chi connectivity index (χ1n) is 11.1. The number of aryl methyl sites for hydroxylation is 1. The highest BCUT2D eigenvalue weighted by atomic mass is 16.6. The fourth-order valence-corrected chi connectivity index (χ4v) is 4.79. The zero-order valence-corrected chi connectivity index (χ0v) is 18.2. The summed E-state index contributed by atoms with van der Waals surface area (Å²) in [6, 6.07) is 18.8. The molecule has 2 aromatic carbocycles. The molecule has 0 spiro atoms. The molecule has 6 rings (SSSR count). The molecular weight excluding hydrogens is 416 g/mol. The van der Waals surface area contributed by atoms with E-state index < -0.39 is 0 Å². The van der Waals surface area contributed by atoms with E-state index in [1.54, 1.807) is 6.92 Å². The van der Waals surface area contributed by atoms with Crippen LogP contribution in [0.5, 0.6) is 0 Å². The van der Waals surface area contributed by atoms with Crippen LogP contribution < -0.4 is 0 Å². The quantitative estimate of drug-likeness (QED) is 0.414. The number of rotatable bonds is 3. The number of benzene rings is 2. The molecule has 164 valence electrons. The van der Waals surface area contributed by atoms with Crippen LogP contribution in [-0.4, -0.2) is 48.7 Å². The number of imidazole rings is 1. The molecule has 0 bridgehead atoms. The number of likely N-dealkylation sites (tertiary alicyclic amines) is 1. The van der Waals surface area contributed by atoms with E-state index in [1.165, 1.54) is 5.39 Å². The normalized spacial score (nSPS) is 14.9. The zero-order valence-electron chi connectivity index (χ0n) is 18.2. The minimum Gasteiger partial charge on any atom is -0.337 e. The summed E-state index contributed by atoms with van der Waals surface area (Å²) in [5, 5.41) is 9.86. The summed E-state index contributed by atoms with van der Waals surface area (Å²) < 4.78 is 6.98. The molecule has 33 heavy (non-hydrogen) atoms. The second kappa shape index (κ2) is 7.81. The van der Waals surface area contributed by atoms with Crippen LogP contribution in [0.25, 0.3) is 33.3 Å². The molecule has 0 radical (unpaired) electrons. The maximum Gasteiger partial charge on any atom is 0.278 e. The number of hydrogen-bond donors (Lipinski definition) is 0. The lowest BCUT2D eigenvalue weighted by molar-refractivity contribution is 0.0684. The molecule has 0 atom stereocenters. The Kier molecular flexibility index (Phi) is 4.64. The predicted molar refractivity (Wildman–Crippen MR) is 124 cm³/mol. The van der Waals surface area contributed by atoms with Crippen molar-refractivity contribution in [1.29, 1.82) is 0 Å². The average molecular weight is 438 g/mol. The van der Waals surface area contributed by atoms with Crippen LogP contribution >= 0.6 is 0 Å². The van der Waals surface area contributed by atoms with E-state index in [0.29, 0.717) is 24.5 Å². The molecule has 5 aromatic rings. The first kappa shape index (κ1) is 19.6. The molecule has 3 aromatic heterocycles. The van der Waals surface area contributed by atoms with E-state index in [1.807, 2.05) is 23.2 Å². The topological polar surface area (TPSA) is 89.9 Å². The number of amides is 1. The van der Waals surface area contributed by atoms with Gasteiger partial charge in [-0.3, -0.25) is 4.79 Å². The van der Waals surface area contributed by atoms with Crippen molar-refractivity contribution in [2.75, 3.05) is 13.1 Å². The summed E-state index contributed by atoms with van der Waals surface area (Å²) in [5.74, 6) is 0.789. The van der Waals surface area contributed by atoms with Gasteiger partial charge in [-0.1, -0.05) is 47.6 Å². The smallest absolute Gasteiger partial charge is 0.278 e. The van der Waals surface area contributed by atoms with Crippen LogP contribution in [-0.2, 0) is 0 Å². The van der Waals surface area contributed by atoms with Gasteiger partial charge in [-0.25, -0.2) is 14.6 Å². The van der Waals surface area contributed by atoms with E-state index in [0.717, 1.165) is 40.8 Å². The number of piperidine rings is 1. The number of nitrogens with zero attached hydrogens (tertiary/aromatic N) is 6. The number of hydrogen-bond acceptors (Lipinski definition) is 6. The number of fused-ring (bicyclic) bond motifs is 2. The Balaban J connectivity index is 1.38. The molecular formula is C25H22N6O2. The van der Waals surface area contributed by atoms with Gasteiger partial charge in [0.1, 0.15) is 17.0 Å². The fraction of sp³-hybridized carbons (Fsp3) is 0.240. The number of aromatic nitrogens is 5. The van der Waals surface area contributed by atoms with Gasteiger partial charge >= 0.3 is 0 Å². The minimum atomic E-state index is -0.130. The first-order valence-corrected chi connectivity index (χ1v) is 11.1. The van der Waals surface area contributed by atoms with Crippen LogP contribution in [0.3, 0.4) is 0 Å². The monoisotopic (exact) mass is 438 g/mol. The third-order valence-electron chi connectivity index (χ3n) is 6.45. The van der Waals surface area contributed by atoms with Gasteiger partial charge in [-0.2, -0.15) is 0 Å². The maximum atomic E-state index is 12.9. The van der Waals surface area contributed by atoms with Crippen molar-refractivity contribution in [3.05, 3.63) is 72.2 Å². The zero-order chi connectivity index (χ0) is 22.4. The number of carbonyl (C=O) groups excluding carboxylic acids is 1. The SMILES string of the molecule is Cc1nonc1C(=O)N1CCC(n2c(-c3cccc4ccccc34)nc3cccnc32)CC1. The Hall–Kier alpha value is -4.07. The van der Waals surface area contributed by atoms with Crippen LogP contribution in [0, 0.1) is 6.92 Å². The summed E-state index contributed by atoms with van der Waals surface area (Å²) >= 11 is 0. The van der Waals surface area contributed by atoms with Crippen molar-refractivity contribution < 1.29 is 9.42 Å². The number of pyridine rings is 1.